The predicted molar refractivity (Wildman–Crippen MR) is 127 cm³/mol. The van der Waals surface area contributed by atoms with Gasteiger partial charge in [0.2, 0.25) is 5.91 Å². The molecule has 2 fully saturated rings. The van der Waals surface area contributed by atoms with Crippen molar-refractivity contribution in [2.24, 2.45) is 0 Å². The zero-order valence-electron chi connectivity index (χ0n) is 20.1. The highest BCUT2D eigenvalue weighted by molar-refractivity contribution is 6.83. The number of benzene rings is 1. The van der Waals surface area contributed by atoms with Crippen molar-refractivity contribution in [2.75, 3.05) is 18.0 Å². The molecule has 8 nitrogen and oxygen atoms in total. The van der Waals surface area contributed by atoms with Crippen LogP contribution in [0.5, 0.6) is 0 Å². The van der Waals surface area contributed by atoms with Crippen LogP contribution in [0.3, 0.4) is 0 Å². The topological polar surface area (TPSA) is 87.2 Å². The van der Waals surface area contributed by atoms with Gasteiger partial charge in [0.25, 0.3) is 5.91 Å². The fourth-order valence-corrected chi connectivity index (χ4v) is 4.14. The Kier molecular flexibility index (Phi) is 6.70. The summed E-state index contributed by atoms with van der Waals surface area (Å²) in [6.07, 6.45) is -0.827. The van der Waals surface area contributed by atoms with Gasteiger partial charge in [0.05, 0.1) is 0 Å². The largest absolute Gasteiger partial charge is 0.443 e. The molecule has 0 bridgehead atoms. The van der Waals surface area contributed by atoms with Gasteiger partial charge in [-0.2, -0.15) is 4.90 Å². The van der Waals surface area contributed by atoms with Gasteiger partial charge >= 0.3 is 12.1 Å². The zero-order valence-corrected chi connectivity index (χ0v) is 21.1. The highest BCUT2D eigenvalue weighted by Gasteiger charge is 2.46. The second-order valence-electron chi connectivity index (χ2n) is 10.3. The molecule has 0 aromatic heterocycles. The smallest absolute Gasteiger partial charge is 0.424 e. The summed E-state index contributed by atoms with van der Waals surface area (Å²) in [5.74, 6) is 1.86. The number of likely N-dealkylation sites (tertiary alicyclic amines) is 1. The highest BCUT2D eigenvalue weighted by Crippen LogP contribution is 2.27. The molecular weight excluding hydrogens is 438 g/mol. The molecule has 1 atom stereocenters. The van der Waals surface area contributed by atoms with Crippen LogP contribution in [0, 0.1) is 11.5 Å². The number of nitrogens with zero attached hydrogens (tertiary/aromatic N) is 3. The Labute approximate surface area is 195 Å². The highest BCUT2D eigenvalue weighted by atomic mass is 28.3. The summed E-state index contributed by atoms with van der Waals surface area (Å²) in [4.78, 5) is 54.5. The van der Waals surface area contributed by atoms with Gasteiger partial charge in [-0.15, -0.1) is 5.54 Å². The Balaban J connectivity index is 1.73. The SMILES string of the molecule is CC(C)(C)OC(=O)N1C(=O)CCC(N2CCN(c3ccc(C#C[Si](C)(C)C)cc3)C2=O)C1=O. The summed E-state index contributed by atoms with van der Waals surface area (Å²) < 4.78 is 5.22. The van der Waals surface area contributed by atoms with Crippen LogP contribution in [0.2, 0.25) is 19.6 Å². The van der Waals surface area contributed by atoms with E-state index in [9.17, 15) is 19.2 Å². The lowest BCUT2D eigenvalue weighted by atomic mass is 10.0. The van der Waals surface area contributed by atoms with Gasteiger partial charge < -0.3 is 9.64 Å². The predicted octanol–water partition coefficient (Wildman–Crippen LogP) is 3.61. The molecule has 1 aromatic carbocycles. The summed E-state index contributed by atoms with van der Waals surface area (Å²) in [6.45, 7) is 12.2. The first-order valence-corrected chi connectivity index (χ1v) is 14.6. The van der Waals surface area contributed by atoms with E-state index in [1.807, 2.05) is 24.3 Å². The molecule has 1 unspecified atom stereocenters. The number of piperidine rings is 1. The molecule has 5 amide bonds. The second kappa shape index (κ2) is 9.02. The van der Waals surface area contributed by atoms with Crippen molar-refractivity contribution < 1.29 is 23.9 Å². The number of rotatable bonds is 2. The summed E-state index contributed by atoms with van der Waals surface area (Å²) in [7, 11) is -1.48. The van der Waals surface area contributed by atoms with Crippen LogP contribution < -0.4 is 4.90 Å². The van der Waals surface area contributed by atoms with Gasteiger partial charge in [-0.3, -0.25) is 14.5 Å². The standard InChI is InChI=1S/C24H31N3O5Si/c1-24(2,3)32-23(31)27-20(28)12-11-19(21(27)29)26-15-14-25(22(26)30)18-9-7-17(8-10-18)13-16-33(4,5)6/h7-10,19H,11-12,14-15H2,1-6H3. The van der Waals surface area contributed by atoms with Crippen LogP contribution in [0.25, 0.3) is 0 Å². The van der Waals surface area contributed by atoms with E-state index < -0.39 is 37.6 Å². The molecule has 2 saturated heterocycles. The first-order chi connectivity index (χ1) is 15.3. The molecule has 0 saturated carbocycles. The normalized spacial score (nSPS) is 19.5. The van der Waals surface area contributed by atoms with E-state index in [4.69, 9.17) is 4.74 Å². The lowest BCUT2D eigenvalue weighted by Crippen LogP contribution is -2.57. The maximum absolute atomic E-state index is 13.1. The second-order valence-corrected chi connectivity index (χ2v) is 15.0. The molecule has 2 aliphatic heterocycles. The van der Waals surface area contributed by atoms with E-state index in [-0.39, 0.29) is 18.9 Å². The van der Waals surface area contributed by atoms with E-state index in [1.165, 1.54) is 4.90 Å². The van der Waals surface area contributed by atoms with Crippen LogP contribution in [0.15, 0.2) is 24.3 Å². The third kappa shape index (κ3) is 5.82. The number of urea groups is 1. The number of hydrogen-bond donors (Lipinski definition) is 0. The average Bonchev–Trinajstić information content (AvgIpc) is 3.06. The van der Waals surface area contributed by atoms with Crippen LogP contribution >= 0.6 is 0 Å². The summed E-state index contributed by atoms with van der Waals surface area (Å²) in [5, 5.41) is 0. The molecule has 0 N–H and O–H groups in total. The lowest BCUT2D eigenvalue weighted by molar-refractivity contribution is -0.150. The molecule has 2 aliphatic rings. The number of carbonyl (C=O) groups is 4. The maximum Gasteiger partial charge on any atom is 0.424 e. The third-order valence-corrected chi connectivity index (χ3v) is 6.02. The molecule has 3 rings (SSSR count). The van der Waals surface area contributed by atoms with E-state index in [0.717, 1.165) is 5.56 Å². The minimum absolute atomic E-state index is 0.0100. The van der Waals surface area contributed by atoms with Crippen LogP contribution in [-0.4, -0.2) is 66.5 Å². The summed E-state index contributed by atoms with van der Waals surface area (Å²) in [5.41, 5.74) is 4.06. The fourth-order valence-electron chi connectivity index (χ4n) is 3.62. The van der Waals surface area contributed by atoms with Crippen molar-refractivity contribution in [3.63, 3.8) is 0 Å². The third-order valence-electron chi connectivity index (χ3n) is 5.14. The van der Waals surface area contributed by atoms with E-state index in [1.54, 1.807) is 25.7 Å². The van der Waals surface area contributed by atoms with Crippen molar-refractivity contribution in [1.82, 2.24) is 9.80 Å². The van der Waals surface area contributed by atoms with Crippen molar-refractivity contribution >= 4 is 37.7 Å². The lowest BCUT2D eigenvalue weighted by Gasteiger charge is -2.34. The first-order valence-electron chi connectivity index (χ1n) is 11.1. The average molecular weight is 470 g/mol. The number of anilines is 1. The number of carbonyl (C=O) groups excluding carboxylic acids is 4. The minimum atomic E-state index is -1.48. The summed E-state index contributed by atoms with van der Waals surface area (Å²) in [6, 6.07) is 6.24. The number of hydrogen-bond acceptors (Lipinski definition) is 5. The number of imide groups is 3. The van der Waals surface area contributed by atoms with Gasteiger partial charge in [0, 0.05) is 30.8 Å². The molecule has 0 spiro atoms. The molecule has 176 valence electrons. The molecule has 0 radical (unpaired) electrons. The number of ether oxygens (including phenoxy) is 1. The van der Waals surface area contributed by atoms with Crippen molar-refractivity contribution in [3.8, 4) is 11.5 Å². The van der Waals surface area contributed by atoms with Gasteiger partial charge in [-0.05, 0) is 51.5 Å². The van der Waals surface area contributed by atoms with E-state index in [0.29, 0.717) is 23.7 Å². The van der Waals surface area contributed by atoms with E-state index >= 15 is 0 Å². The van der Waals surface area contributed by atoms with Gasteiger partial charge in [-0.1, -0.05) is 25.6 Å². The monoisotopic (exact) mass is 469 g/mol. The number of amides is 5. The van der Waals surface area contributed by atoms with Crippen LogP contribution in [0.1, 0.15) is 39.2 Å². The molecular formula is C24H31N3O5Si. The molecule has 1 aromatic rings. The quantitative estimate of drug-likeness (QED) is 0.375. The van der Waals surface area contributed by atoms with Gasteiger partial charge in [0.1, 0.15) is 19.7 Å². The van der Waals surface area contributed by atoms with Crippen molar-refractivity contribution in [3.05, 3.63) is 29.8 Å². The Hall–Kier alpha value is -3.12. The van der Waals surface area contributed by atoms with Gasteiger partial charge in [0.15, 0.2) is 0 Å². The Bertz CT molecular complexity index is 1030. The molecule has 33 heavy (non-hydrogen) atoms. The zero-order chi connectivity index (χ0) is 24.6. The molecule has 2 heterocycles. The molecule has 0 aliphatic carbocycles. The minimum Gasteiger partial charge on any atom is -0.443 e. The first kappa shape index (κ1) is 24.5. The Morgan fingerprint density at radius 1 is 1.06 bits per heavy atom. The fraction of sp³-hybridized carbons (Fsp3) is 0.500. The molecule has 9 heteroatoms. The van der Waals surface area contributed by atoms with Crippen LogP contribution in [-0.2, 0) is 14.3 Å². The van der Waals surface area contributed by atoms with Crippen molar-refractivity contribution in [2.45, 2.75) is 64.9 Å². The van der Waals surface area contributed by atoms with E-state index in [2.05, 4.69) is 31.1 Å². The van der Waals surface area contributed by atoms with Crippen LogP contribution in [0.4, 0.5) is 15.3 Å². The summed E-state index contributed by atoms with van der Waals surface area (Å²) >= 11 is 0. The Morgan fingerprint density at radius 3 is 2.27 bits per heavy atom. The Morgan fingerprint density at radius 2 is 1.70 bits per heavy atom. The van der Waals surface area contributed by atoms with Gasteiger partial charge in [-0.25, -0.2) is 9.59 Å². The maximum atomic E-state index is 13.1. The van der Waals surface area contributed by atoms with Crippen molar-refractivity contribution in [1.29, 1.82) is 0 Å².